The van der Waals surface area contributed by atoms with Crippen LogP contribution in [0.4, 0.5) is 11.4 Å². The maximum atomic E-state index is 11.8. The highest BCUT2D eigenvalue weighted by atomic mass is 79.9. The summed E-state index contributed by atoms with van der Waals surface area (Å²) in [5.41, 5.74) is 0.468. The normalized spacial score (nSPS) is 10.1. The molecule has 2 aromatic rings. The van der Waals surface area contributed by atoms with Gasteiger partial charge in [0, 0.05) is 11.8 Å². The number of nitro groups is 1. The Bertz CT molecular complexity index is 598. The van der Waals surface area contributed by atoms with Gasteiger partial charge in [0.1, 0.15) is 0 Å². The summed E-state index contributed by atoms with van der Waals surface area (Å²) < 4.78 is 0.330. The number of rotatable bonds is 3. The van der Waals surface area contributed by atoms with E-state index in [0.29, 0.717) is 15.0 Å². The molecule has 0 saturated carbocycles. The molecule has 0 bridgehead atoms. The molecule has 0 radical (unpaired) electrons. The van der Waals surface area contributed by atoms with E-state index in [4.69, 9.17) is 0 Å². The van der Waals surface area contributed by atoms with Crippen LogP contribution in [0.15, 0.2) is 40.2 Å². The van der Waals surface area contributed by atoms with Crippen LogP contribution >= 0.6 is 27.3 Å². The number of nitrogens with zero attached hydrogens (tertiary/aromatic N) is 1. The number of hydrogen-bond acceptors (Lipinski definition) is 4. The molecule has 0 aliphatic rings. The summed E-state index contributed by atoms with van der Waals surface area (Å²) in [5.74, 6) is -0.231. The van der Waals surface area contributed by atoms with Gasteiger partial charge in [-0.1, -0.05) is 6.07 Å². The van der Waals surface area contributed by atoms with Crippen molar-refractivity contribution in [2.75, 3.05) is 5.32 Å². The first-order valence-electron chi connectivity index (χ1n) is 4.87. The minimum Gasteiger partial charge on any atom is -0.321 e. The maximum absolute atomic E-state index is 11.8. The highest BCUT2D eigenvalue weighted by Crippen LogP contribution is 2.28. The maximum Gasteiger partial charge on any atom is 0.283 e. The second kappa shape index (κ2) is 5.28. The molecule has 92 valence electrons. The SMILES string of the molecule is O=C(Nc1ccc([N+](=O)[O-])c(Br)c1)c1cccs1. The average molecular weight is 327 g/mol. The number of anilines is 1. The van der Waals surface area contributed by atoms with Crippen LogP contribution < -0.4 is 5.32 Å². The molecule has 1 aromatic heterocycles. The number of nitro benzene ring substituents is 1. The van der Waals surface area contributed by atoms with Crippen molar-refractivity contribution in [3.05, 3.63) is 55.2 Å². The minimum atomic E-state index is -0.491. The van der Waals surface area contributed by atoms with Gasteiger partial charge in [-0.15, -0.1) is 11.3 Å². The third-order valence-electron chi connectivity index (χ3n) is 2.15. The second-order valence-electron chi connectivity index (χ2n) is 3.35. The molecule has 0 atom stereocenters. The molecule has 1 aromatic carbocycles. The molecule has 1 N–H and O–H groups in total. The lowest BCUT2D eigenvalue weighted by atomic mass is 10.3. The van der Waals surface area contributed by atoms with Crippen LogP contribution in [-0.4, -0.2) is 10.8 Å². The first kappa shape index (κ1) is 12.7. The number of benzene rings is 1. The molecule has 5 nitrogen and oxygen atoms in total. The standard InChI is InChI=1S/C11H7BrN2O3S/c12-8-6-7(3-4-9(8)14(16)17)13-11(15)10-2-1-5-18-10/h1-6H,(H,13,15). The van der Waals surface area contributed by atoms with Gasteiger partial charge in [-0.3, -0.25) is 14.9 Å². The van der Waals surface area contributed by atoms with E-state index in [9.17, 15) is 14.9 Å². The fourth-order valence-corrected chi connectivity index (χ4v) is 2.48. The molecule has 18 heavy (non-hydrogen) atoms. The fourth-order valence-electron chi connectivity index (χ4n) is 1.33. The van der Waals surface area contributed by atoms with Crippen molar-refractivity contribution >= 4 is 44.5 Å². The summed E-state index contributed by atoms with van der Waals surface area (Å²) in [6.45, 7) is 0. The highest BCUT2D eigenvalue weighted by molar-refractivity contribution is 9.10. The van der Waals surface area contributed by atoms with Gasteiger partial charge in [0.15, 0.2) is 0 Å². The molecule has 7 heteroatoms. The first-order valence-corrected chi connectivity index (χ1v) is 6.54. The van der Waals surface area contributed by atoms with Gasteiger partial charge in [-0.2, -0.15) is 0 Å². The molecule has 0 fully saturated rings. The predicted molar refractivity (Wildman–Crippen MR) is 73.1 cm³/mol. The molecular weight excluding hydrogens is 320 g/mol. The van der Waals surface area contributed by atoms with Crippen LogP contribution in [0.5, 0.6) is 0 Å². The monoisotopic (exact) mass is 326 g/mol. The lowest BCUT2D eigenvalue weighted by Gasteiger charge is -2.04. The molecule has 0 aliphatic heterocycles. The van der Waals surface area contributed by atoms with Gasteiger partial charge in [-0.25, -0.2) is 0 Å². The Morgan fingerprint density at radius 3 is 2.72 bits per heavy atom. The van der Waals surface area contributed by atoms with E-state index >= 15 is 0 Å². The zero-order chi connectivity index (χ0) is 13.1. The minimum absolute atomic E-state index is 0.0378. The quantitative estimate of drug-likeness (QED) is 0.690. The number of halogens is 1. The first-order chi connectivity index (χ1) is 8.58. The Morgan fingerprint density at radius 1 is 1.39 bits per heavy atom. The average Bonchev–Trinajstić information content (AvgIpc) is 2.81. The number of carbonyl (C=O) groups is 1. The Hall–Kier alpha value is -1.73. The van der Waals surface area contributed by atoms with Crippen LogP contribution in [-0.2, 0) is 0 Å². The Balaban J connectivity index is 2.18. The van der Waals surface area contributed by atoms with E-state index in [1.54, 1.807) is 17.5 Å². The highest BCUT2D eigenvalue weighted by Gasteiger charge is 2.13. The second-order valence-corrected chi connectivity index (χ2v) is 5.16. The van der Waals surface area contributed by atoms with Gasteiger partial charge in [-0.05, 0) is 39.5 Å². The Morgan fingerprint density at radius 2 is 2.17 bits per heavy atom. The molecule has 2 rings (SSSR count). The van der Waals surface area contributed by atoms with Crippen molar-refractivity contribution in [2.45, 2.75) is 0 Å². The predicted octanol–water partition coefficient (Wildman–Crippen LogP) is 3.67. The lowest BCUT2D eigenvalue weighted by Crippen LogP contribution is -2.10. The van der Waals surface area contributed by atoms with E-state index in [2.05, 4.69) is 21.2 Å². The Labute approximate surface area is 115 Å². The van der Waals surface area contributed by atoms with Crippen LogP contribution in [0.25, 0.3) is 0 Å². The molecule has 0 unspecified atom stereocenters. The summed E-state index contributed by atoms with van der Waals surface area (Å²) in [6, 6.07) is 7.83. The number of amides is 1. The van der Waals surface area contributed by atoms with E-state index in [1.807, 2.05) is 0 Å². The van der Waals surface area contributed by atoms with Crippen LogP contribution in [0.3, 0.4) is 0 Å². The van der Waals surface area contributed by atoms with Crippen molar-refractivity contribution in [1.82, 2.24) is 0 Å². The van der Waals surface area contributed by atoms with Gasteiger partial charge in [0.2, 0.25) is 0 Å². The van der Waals surface area contributed by atoms with E-state index in [1.165, 1.54) is 29.5 Å². The lowest BCUT2D eigenvalue weighted by molar-refractivity contribution is -0.385. The molecule has 0 spiro atoms. The fraction of sp³-hybridized carbons (Fsp3) is 0. The third-order valence-corrected chi connectivity index (χ3v) is 3.65. The molecule has 0 saturated heterocycles. The number of hydrogen-bond donors (Lipinski definition) is 1. The summed E-state index contributed by atoms with van der Waals surface area (Å²) >= 11 is 4.43. The zero-order valence-corrected chi connectivity index (χ0v) is 11.3. The largest absolute Gasteiger partial charge is 0.321 e. The zero-order valence-electron chi connectivity index (χ0n) is 8.92. The van der Waals surface area contributed by atoms with Crippen molar-refractivity contribution in [2.24, 2.45) is 0 Å². The summed E-state index contributed by atoms with van der Waals surface area (Å²) in [4.78, 5) is 22.5. The number of carbonyl (C=O) groups excluding carboxylic acids is 1. The van der Waals surface area contributed by atoms with Gasteiger partial charge in [0.25, 0.3) is 11.6 Å². The summed E-state index contributed by atoms with van der Waals surface area (Å²) in [7, 11) is 0. The third kappa shape index (κ3) is 2.74. The molecule has 1 amide bonds. The van der Waals surface area contributed by atoms with Crippen LogP contribution in [0.1, 0.15) is 9.67 Å². The van der Waals surface area contributed by atoms with E-state index in [0.717, 1.165) is 0 Å². The molecular formula is C11H7BrN2O3S. The Kier molecular flexibility index (Phi) is 3.73. The van der Waals surface area contributed by atoms with E-state index in [-0.39, 0.29) is 11.6 Å². The summed E-state index contributed by atoms with van der Waals surface area (Å²) in [6.07, 6.45) is 0. The number of nitrogens with one attached hydrogen (secondary N) is 1. The summed E-state index contributed by atoms with van der Waals surface area (Å²) in [5, 5.41) is 15.1. The van der Waals surface area contributed by atoms with Gasteiger partial charge >= 0.3 is 0 Å². The molecule has 1 heterocycles. The van der Waals surface area contributed by atoms with Crippen molar-refractivity contribution < 1.29 is 9.72 Å². The number of thiophene rings is 1. The van der Waals surface area contributed by atoms with Gasteiger partial charge in [0.05, 0.1) is 14.3 Å². The van der Waals surface area contributed by atoms with Crippen molar-refractivity contribution in [1.29, 1.82) is 0 Å². The van der Waals surface area contributed by atoms with Crippen LogP contribution in [0.2, 0.25) is 0 Å². The smallest absolute Gasteiger partial charge is 0.283 e. The topological polar surface area (TPSA) is 72.2 Å². The molecule has 0 aliphatic carbocycles. The van der Waals surface area contributed by atoms with Gasteiger partial charge < -0.3 is 5.32 Å². The van der Waals surface area contributed by atoms with Crippen LogP contribution in [0, 0.1) is 10.1 Å². The van der Waals surface area contributed by atoms with Crippen molar-refractivity contribution in [3.8, 4) is 0 Å². The van der Waals surface area contributed by atoms with Crippen molar-refractivity contribution in [3.63, 3.8) is 0 Å². The van der Waals surface area contributed by atoms with E-state index < -0.39 is 4.92 Å².